The quantitative estimate of drug-likeness (QED) is 0.942. The lowest BCUT2D eigenvalue weighted by molar-refractivity contribution is -0.140. The second kappa shape index (κ2) is 4.86. The van der Waals surface area contributed by atoms with Crippen molar-refractivity contribution in [2.45, 2.75) is 12.7 Å². The normalized spacial score (nSPS) is 13.6. The molecule has 0 saturated carbocycles. The molecule has 0 radical (unpaired) electrons. The van der Waals surface area contributed by atoms with Crippen LogP contribution in [-0.4, -0.2) is 11.8 Å². The summed E-state index contributed by atoms with van der Waals surface area (Å²) in [6.07, 6.45) is -4.41. The van der Waals surface area contributed by atoms with Crippen molar-refractivity contribution in [1.82, 2.24) is 4.98 Å². The fourth-order valence-corrected chi connectivity index (χ4v) is 2.43. The van der Waals surface area contributed by atoms with Crippen LogP contribution in [0.1, 0.15) is 11.3 Å². The molecule has 0 atom stereocenters. The number of anilines is 1. The van der Waals surface area contributed by atoms with E-state index in [0.29, 0.717) is 18.0 Å². The van der Waals surface area contributed by atoms with E-state index in [2.05, 4.69) is 10.3 Å². The van der Waals surface area contributed by atoms with Crippen LogP contribution in [0, 0.1) is 0 Å². The molecule has 0 spiro atoms. The number of thiazole rings is 1. The number of ether oxygens (including phenoxy) is 2. The first-order valence-corrected chi connectivity index (χ1v) is 6.55. The summed E-state index contributed by atoms with van der Waals surface area (Å²) in [6, 6.07) is 5.37. The Morgan fingerprint density at radius 1 is 1.25 bits per heavy atom. The van der Waals surface area contributed by atoms with Gasteiger partial charge in [0.25, 0.3) is 0 Å². The van der Waals surface area contributed by atoms with Crippen LogP contribution in [-0.2, 0) is 12.7 Å². The number of halogens is 3. The molecule has 1 aromatic carbocycles. The summed E-state index contributed by atoms with van der Waals surface area (Å²) in [5.41, 5.74) is -0.00584. The fraction of sp³-hybridized carbons (Fsp3) is 0.250. The van der Waals surface area contributed by atoms with E-state index < -0.39 is 11.9 Å². The second-order valence-corrected chi connectivity index (χ2v) is 4.93. The summed E-state index contributed by atoms with van der Waals surface area (Å²) < 4.78 is 47.6. The molecule has 0 aliphatic carbocycles. The van der Waals surface area contributed by atoms with Gasteiger partial charge in [-0.3, -0.25) is 0 Å². The Bertz CT molecular complexity index is 627. The molecular formula is C12H9F3N2O2S. The highest BCUT2D eigenvalue weighted by atomic mass is 32.1. The molecule has 4 nitrogen and oxygen atoms in total. The van der Waals surface area contributed by atoms with E-state index in [1.54, 1.807) is 12.1 Å². The van der Waals surface area contributed by atoms with Gasteiger partial charge in [0.1, 0.15) is 0 Å². The zero-order valence-corrected chi connectivity index (χ0v) is 10.8. The van der Waals surface area contributed by atoms with E-state index in [4.69, 9.17) is 9.47 Å². The number of nitrogens with zero attached hydrogens (tertiary/aromatic N) is 1. The standard InChI is InChI=1S/C12H9F3N2O2S/c13-12(14,15)10-5-20-11(17-10)16-4-7-1-2-8-9(3-7)19-6-18-8/h1-3,5H,4,6H2,(H,16,17). The van der Waals surface area contributed by atoms with E-state index in [-0.39, 0.29) is 11.9 Å². The Kier molecular flexibility index (Phi) is 3.17. The maximum Gasteiger partial charge on any atom is 0.434 e. The third-order valence-electron chi connectivity index (χ3n) is 2.68. The third-order valence-corrected chi connectivity index (χ3v) is 3.48. The minimum Gasteiger partial charge on any atom is -0.454 e. The van der Waals surface area contributed by atoms with Crippen molar-refractivity contribution in [3.8, 4) is 11.5 Å². The van der Waals surface area contributed by atoms with Crippen LogP contribution in [0.4, 0.5) is 18.3 Å². The highest BCUT2D eigenvalue weighted by Gasteiger charge is 2.33. The van der Waals surface area contributed by atoms with Crippen LogP contribution >= 0.6 is 11.3 Å². The molecule has 0 unspecified atom stereocenters. The number of benzene rings is 1. The predicted octanol–water partition coefficient (Wildman–Crippen LogP) is 3.50. The topological polar surface area (TPSA) is 43.4 Å². The van der Waals surface area contributed by atoms with Gasteiger partial charge in [-0.25, -0.2) is 4.98 Å². The van der Waals surface area contributed by atoms with E-state index in [1.807, 2.05) is 6.07 Å². The molecule has 3 rings (SSSR count). The van der Waals surface area contributed by atoms with E-state index in [9.17, 15) is 13.2 Å². The number of fused-ring (bicyclic) bond motifs is 1. The lowest BCUT2D eigenvalue weighted by Crippen LogP contribution is -2.06. The van der Waals surface area contributed by atoms with Crippen molar-refractivity contribution >= 4 is 16.5 Å². The van der Waals surface area contributed by atoms with Gasteiger partial charge in [0.05, 0.1) is 0 Å². The van der Waals surface area contributed by atoms with Gasteiger partial charge in [0.2, 0.25) is 6.79 Å². The van der Waals surface area contributed by atoms with Crippen molar-refractivity contribution in [2.24, 2.45) is 0 Å². The summed E-state index contributed by atoms with van der Waals surface area (Å²) in [5, 5.41) is 4.08. The van der Waals surface area contributed by atoms with E-state index >= 15 is 0 Å². The number of aromatic nitrogens is 1. The summed E-state index contributed by atoms with van der Waals surface area (Å²) in [7, 11) is 0. The van der Waals surface area contributed by atoms with Gasteiger partial charge in [-0.15, -0.1) is 11.3 Å². The Balaban J connectivity index is 1.66. The molecule has 0 saturated heterocycles. The van der Waals surface area contributed by atoms with Crippen molar-refractivity contribution in [3.05, 3.63) is 34.8 Å². The minimum atomic E-state index is -4.41. The number of hydrogen-bond donors (Lipinski definition) is 1. The van der Waals surface area contributed by atoms with Crippen LogP contribution in [0.3, 0.4) is 0 Å². The monoisotopic (exact) mass is 302 g/mol. The molecule has 2 heterocycles. The molecule has 2 aromatic rings. The summed E-state index contributed by atoms with van der Waals surface area (Å²) in [4.78, 5) is 3.50. The molecule has 0 bridgehead atoms. The number of hydrogen-bond acceptors (Lipinski definition) is 5. The number of alkyl halides is 3. The molecule has 1 aliphatic heterocycles. The summed E-state index contributed by atoms with van der Waals surface area (Å²) in [5.74, 6) is 1.31. The molecule has 1 N–H and O–H groups in total. The summed E-state index contributed by atoms with van der Waals surface area (Å²) in [6.45, 7) is 0.551. The van der Waals surface area contributed by atoms with Gasteiger partial charge in [-0.2, -0.15) is 13.2 Å². The van der Waals surface area contributed by atoms with Crippen LogP contribution in [0.5, 0.6) is 11.5 Å². The van der Waals surface area contributed by atoms with Crippen LogP contribution in [0.15, 0.2) is 23.6 Å². The van der Waals surface area contributed by atoms with E-state index in [1.165, 1.54) is 0 Å². The molecule has 0 amide bonds. The molecular weight excluding hydrogens is 293 g/mol. The van der Waals surface area contributed by atoms with Gasteiger partial charge >= 0.3 is 6.18 Å². The Morgan fingerprint density at radius 3 is 2.80 bits per heavy atom. The van der Waals surface area contributed by atoms with Gasteiger partial charge < -0.3 is 14.8 Å². The van der Waals surface area contributed by atoms with Gasteiger partial charge in [0.15, 0.2) is 22.3 Å². The zero-order chi connectivity index (χ0) is 14.2. The third kappa shape index (κ3) is 2.64. The minimum absolute atomic E-state index is 0.188. The molecule has 20 heavy (non-hydrogen) atoms. The van der Waals surface area contributed by atoms with Crippen molar-refractivity contribution in [2.75, 3.05) is 12.1 Å². The average molecular weight is 302 g/mol. The Hall–Kier alpha value is -1.96. The first-order valence-electron chi connectivity index (χ1n) is 5.67. The predicted molar refractivity (Wildman–Crippen MR) is 67.0 cm³/mol. The van der Waals surface area contributed by atoms with Gasteiger partial charge in [0, 0.05) is 11.9 Å². The first-order chi connectivity index (χ1) is 9.52. The molecule has 106 valence electrons. The highest BCUT2D eigenvalue weighted by molar-refractivity contribution is 7.13. The summed E-state index contributed by atoms with van der Waals surface area (Å²) >= 11 is 0.923. The molecule has 0 fully saturated rings. The highest BCUT2D eigenvalue weighted by Crippen LogP contribution is 2.34. The van der Waals surface area contributed by atoms with Crippen LogP contribution in [0.25, 0.3) is 0 Å². The Labute approximate surface area is 116 Å². The lowest BCUT2D eigenvalue weighted by atomic mass is 10.2. The molecule has 1 aromatic heterocycles. The fourth-order valence-electron chi connectivity index (χ4n) is 1.71. The lowest BCUT2D eigenvalue weighted by Gasteiger charge is -2.04. The van der Waals surface area contributed by atoms with Crippen molar-refractivity contribution in [1.29, 1.82) is 0 Å². The van der Waals surface area contributed by atoms with Crippen LogP contribution < -0.4 is 14.8 Å². The van der Waals surface area contributed by atoms with Crippen molar-refractivity contribution in [3.63, 3.8) is 0 Å². The SMILES string of the molecule is FC(F)(F)c1csc(NCc2ccc3c(c2)OCO3)n1. The molecule has 8 heteroatoms. The number of rotatable bonds is 3. The van der Waals surface area contributed by atoms with E-state index in [0.717, 1.165) is 22.3 Å². The maximum absolute atomic E-state index is 12.4. The number of nitrogens with one attached hydrogen (secondary N) is 1. The first kappa shape index (κ1) is 13.0. The van der Waals surface area contributed by atoms with Crippen molar-refractivity contribution < 1.29 is 22.6 Å². The molecule has 1 aliphatic rings. The zero-order valence-electron chi connectivity index (χ0n) is 10.0. The van der Waals surface area contributed by atoms with Gasteiger partial charge in [-0.05, 0) is 17.7 Å². The Morgan fingerprint density at radius 2 is 2.05 bits per heavy atom. The second-order valence-electron chi connectivity index (χ2n) is 4.08. The van der Waals surface area contributed by atoms with Crippen LogP contribution in [0.2, 0.25) is 0 Å². The maximum atomic E-state index is 12.4. The largest absolute Gasteiger partial charge is 0.454 e. The van der Waals surface area contributed by atoms with Gasteiger partial charge in [-0.1, -0.05) is 6.07 Å². The smallest absolute Gasteiger partial charge is 0.434 e. The average Bonchev–Trinajstić information content (AvgIpc) is 3.04.